The van der Waals surface area contributed by atoms with Crippen molar-refractivity contribution in [3.63, 3.8) is 0 Å². The van der Waals surface area contributed by atoms with Gasteiger partial charge in [0.2, 0.25) is 0 Å². The van der Waals surface area contributed by atoms with Crippen LogP contribution in [-0.2, 0) is 14.3 Å². The van der Waals surface area contributed by atoms with E-state index in [1.165, 1.54) is 11.3 Å². The van der Waals surface area contributed by atoms with E-state index in [-0.39, 0.29) is 6.61 Å². The Bertz CT molecular complexity index is 415. The van der Waals surface area contributed by atoms with Crippen molar-refractivity contribution in [2.24, 2.45) is 0 Å². The third-order valence-corrected chi connectivity index (χ3v) is 3.44. The predicted octanol–water partition coefficient (Wildman–Crippen LogP) is 2.39. The molecule has 0 bridgehead atoms. The summed E-state index contributed by atoms with van der Waals surface area (Å²) in [5.41, 5.74) is 0. The highest BCUT2D eigenvalue weighted by atomic mass is 32.2. The molecule has 0 aliphatic carbocycles. The van der Waals surface area contributed by atoms with E-state index in [0.29, 0.717) is 0 Å². The number of hydrogen-bond donors (Lipinski definition) is 0. The van der Waals surface area contributed by atoms with Crippen LogP contribution in [0, 0.1) is 6.92 Å². The lowest BCUT2D eigenvalue weighted by Crippen LogP contribution is -2.00. The summed E-state index contributed by atoms with van der Waals surface area (Å²) >= 11 is 1.54. The minimum absolute atomic E-state index is 0.163. The van der Waals surface area contributed by atoms with Crippen LogP contribution in [0.1, 0.15) is 16.7 Å². The molecular weight excluding hydrogens is 220 g/mol. The number of hydrogen-bond acceptors (Lipinski definition) is 4. The van der Waals surface area contributed by atoms with Gasteiger partial charge in [-0.3, -0.25) is 4.18 Å². The first-order chi connectivity index (χ1) is 6.53. The molecule has 0 N–H and O–H groups in total. The maximum Gasteiger partial charge on any atom is 0.290 e. The Balaban J connectivity index is 2.73. The van der Waals surface area contributed by atoms with Gasteiger partial charge in [-0.25, -0.2) is 0 Å². The molecule has 78 valence electrons. The molecule has 3 nitrogen and oxygen atoms in total. The van der Waals surface area contributed by atoms with Crippen LogP contribution in [0.3, 0.4) is 0 Å². The average molecular weight is 232 g/mol. The number of thiophene rings is 1. The zero-order valence-corrected chi connectivity index (χ0v) is 9.69. The van der Waals surface area contributed by atoms with Gasteiger partial charge in [-0.05, 0) is 32.1 Å². The number of rotatable bonds is 4. The lowest BCUT2D eigenvalue weighted by Gasteiger charge is -1.94. The fourth-order valence-corrected chi connectivity index (χ4v) is 2.48. The molecule has 0 aromatic carbocycles. The first-order valence-electron chi connectivity index (χ1n) is 4.17. The molecule has 0 atom stereocenters. The molecule has 0 spiro atoms. The maximum absolute atomic E-state index is 11.1. The molecule has 1 aromatic rings. The van der Waals surface area contributed by atoms with Gasteiger partial charge in [-0.1, -0.05) is 0 Å². The summed E-state index contributed by atoms with van der Waals surface area (Å²) in [6, 6.07) is 3.82. The maximum atomic E-state index is 11.1. The van der Waals surface area contributed by atoms with Crippen molar-refractivity contribution in [3.8, 4) is 0 Å². The van der Waals surface area contributed by atoms with Gasteiger partial charge in [0.15, 0.2) is 0 Å². The molecule has 0 amide bonds. The van der Waals surface area contributed by atoms with Crippen LogP contribution in [0.4, 0.5) is 0 Å². The molecule has 5 heteroatoms. The Morgan fingerprint density at radius 2 is 2.21 bits per heavy atom. The molecule has 0 unspecified atom stereocenters. The van der Waals surface area contributed by atoms with E-state index < -0.39 is 10.1 Å². The zero-order chi connectivity index (χ0) is 10.6. The predicted molar refractivity (Wildman–Crippen MR) is 58.6 cm³/mol. The van der Waals surface area contributed by atoms with Gasteiger partial charge in [0.25, 0.3) is 10.1 Å². The lowest BCUT2D eigenvalue weighted by atomic mass is 10.4. The monoisotopic (exact) mass is 232 g/mol. The van der Waals surface area contributed by atoms with E-state index in [4.69, 9.17) is 0 Å². The second kappa shape index (κ2) is 4.72. The minimum Gasteiger partial charge on any atom is -0.267 e. The SMILES string of the molecule is CCOS(=O)(=O)C=Cc1ccc(C)s1. The van der Waals surface area contributed by atoms with Gasteiger partial charge in [0.05, 0.1) is 12.0 Å². The summed E-state index contributed by atoms with van der Waals surface area (Å²) in [6.07, 6.45) is 1.54. The smallest absolute Gasteiger partial charge is 0.267 e. The molecule has 0 saturated carbocycles. The van der Waals surface area contributed by atoms with Gasteiger partial charge in [0.1, 0.15) is 0 Å². The Morgan fingerprint density at radius 3 is 2.71 bits per heavy atom. The van der Waals surface area contributed by atoms with Crippen LogP contribution in [0.25, 0.3) is 6.08 Å². The fraction of sp³-hybridized carbons (Fsp3) is 0.333. The van der Waals surface area contributed by atoms with Gasteiger partial charge in [-0.15, -0.1) is 11.3 Å². The summed E-state index contributed by atoms with van der Waals surface area (Å²) in [6.45, 7) is 3.77. The first-order valence-corrected chi connectivity index (χ1v) is 6.46. The minimum atomic E-state index is -3.49. The fourth-order valence-electron chi connectivity index (χ4n) is 0.897. The molecule has 1 rings (SSSR count). The van der Waals surface area contributed by atoms with Crippen LogP contribution in [-0.4, -0.2) is 15.0 Å². The highest BCUT2D eigenvalue weighted by Crippen LogP contribution is 2.17. The Hall–Kier alpha value is -0.650. The molecule has 1 heterocycles. The largest absolute Gasteiger partial charge is 0.290 e. The van der Waals surface area contributed by atoms with Crippen molar-refractivity contribution < 1.29 is 12.6 Å². The topological polar surface area (TPSA) is 43.4 Å². The van der Waals surface area contributed by atoms with Crippen molar-refractivity contribution >= 4 is 27.5 Å². The summed E-state index contributed by atoms with van der Waals surface area (Å²) < 4.78 is 26.8. The lowest BCUT2D eigenvalue weighted by molar-refractivity contribution is 0.345. The first kappa shape index (κ1) is 11.4. The molecule has 0 saturated heterocycles. The molecule has 0 aliphatic heterocycles. The van der Waals surface area contributed by atoms with Gasteiger partial charge < -0.3 is 0 Å². The van der Waals surface area contributed by atoms with Crippen LogP contribution in [0.15, 0.2) is 17.5 Å². The van der Waals surface area contributed by atoms with E-state index >= 15 is 0 Å². The molecule has 0 fully saturated rings. The summed E-state index contributed by atoms with van der Waals surface area (Å²) in [4.78, 5) is 2.06. The van der Waals surface area contributed by atoms with E-state index in [0.717, 1.165) is 15.2 Å². The van der Waals surface area contributed by atoms with Crippen LogP contribution < -0.4 is 0 Å². The van der Waals surface area contributed by atoms with Crippen LogP contribution in [0.2, 0.25) is 0 Å². The Morgan fingerprint density at radius 1 is 1.50 bits per heavy atom. The third-order valence-electron chi connectivity index (χ3n) is 1.44. The standard InChI is InChI=1S/C9H12O3S2/c1-3-12-14(10,11)7-6-9-5-4-8(2)13-9/h4-7H,3H2,1-2H3. The van der Waals surface area contributed by atoms with Crippen molar-refractivity contribution in [3.05, 3.63) is 27.3 Å². The molecule has 1 aromatic heterocycles. The second-order valence-electron chi connectivity index (χ2n) is 2.65. The second-order valence-corrected chi connectivity index (χ2v) is 5.46. The summed E-state index contributed by atoms with van der Waals surface area (Å²) in [5.74, 6) is 0. The third kappa shape index (κ3) is 3.61. The van der Waals surface area contributed by atoms with Crippen molar-refractivity contribution in [2.75, 3.05) is 6.61 Å². The van der Waals surface area contributed by atoms with Crippen LogP contribution in [0.5, 0.6) is 0 Å². The van der Waals surface area contributed by atoms with Crippen LogP contribution >= 0.6 is 11.3 Å². The summed E-state index contributed by atoms with van der Waals surface area (Å²) in [7, 11) is -3.49. The Labute approximate surface area is 88.2 Å². The summed E-state index contributed by atoms with van der Waals surface area (Å²) in [5, 5.41) is 1.09. The van der Waals surface area contributed by atoms with E-state index in [9.17, 15) is 8.42 Å². The average Bonchev–Trinajstić information content (AvgIpc) is 2.48. The van der Waals surface area contributed by atoms with Gasteiger partial charge in [0, 0.05) is 9.75 Å². The van der Waals surface area contributed by atoms with Gasteiger partial charge >= 0.3 is 0 Å². The van der Waals surface area contributed by atoms with Crippen molar-refractivity contribution in [1.82, 2.24) is 0 Å². The highest BCUT2D eigenvalue weighted by molar-refractivity contribution is 7.89. The molecule has 0 aliphatic rings. The van der Waals surface area contributed by atoms with Crippen molar-refractivity contribution in [1.29, 1.82) is 0 Å². The normalized spacial score (nSPS) is 12.4. The Kier molecular flexibility index (Phi) is 3.86. The van der Waals surface area contributed by atoms with E-state index in [1.807, 2.05) is 19.1 Å². The highest BCUT2D eigenvalue weighted by Gasteiger charge is 2.03. The van der Waals surface area contributed by atoms with Crippen molar-refractivity contribution in [2.45, 2.75) is 13.8 Å². The molecule has 0 radical (unpaired) electrons. The van der Waals surface area contributed by atoms with Gasteiger partial charge in [-0.2, -0.15) is 8.42 Å². The number of aryl methyl sites for hydroxylation is 1. The molecular formula is C9H12O3S2. The van der Waals surface area contributed by atoms with E-state index in [1.54, 1.807) is 13.0 Å². The molecule has 14 heavy (non-hydrogen) atoms. The zero-order valence-electron chi connectivity index (χ0n) is 8.06. The quantitative estimate of drug-likeness (QED) is 0.749. The van der Waals surface area contributed by atoms with E-state index in [2.05, 4.69) is 4.18 Å².